The third-order valence-corrected chi connectivity index (χ3v) is 12.1. The highest BCUT2D eigenvalue weighted by atomic mass is 28.3. The Hall–Kier alpha value is -2.16. The molecule has 0 amide bonds. The molecule has 0 heterocycles. The molecule has 0 N–H and O–H groups in total. The smallest absolute Gasteiger partial charge is 0.188 e. The third-order valence-electron chi connectivity index (χ3n) is 5.81. The fraction of sp³-hybridized carbons (Fsp3) is 0.458. The van der Waals surface area contributed by atoms with Crippen molar-refractivity contribution in [3.8, 4) is 17.2 Å². The van der Waals surface area contributed by atoms with Gasteiger partial charge in [-0.05, 0) is 40.2 Å². The Morgan fingerprint density at radius 2 is 1.69 bits per heavy atom. The van der Waals surface area contributed by atoms with E-state index >= 15 is 0 Å². The van der Waals surface area contributed by atoms with Crippen molar-refractivity contribution in [3.05, 3.63) is 41.2 Å². The summed E-state index contributed by atoms with van der Waals surface area (Å²) in [4.78, 5) is 11.8. The first-order chi connectivity index (χ1) is 13.7. The highest BCUT2D eigenvalue weighted by Gasteiger charge is 2.41. The fourth-order valence-electron chi connectivity index (χ4n) is 4.47. The van der Waals surface area contributed by atoms with Gasteiger partial charge in [0.25, 0.3) is 0 Å². The van der Waals surface area contributed by atoms with Crippen molar-refractivity contribution in [2.75, 3.05) is 13.9 Å². The lowest BCUT2D eigenvalue weighted by Gasteiger charge is -2.38. The summed E-state index contributed by atoms with van der Waals surface area (Å²) in [6.45, 7) is 13.4. The van der Waals surface area contributed by atoms with E-state index in [1.807, 2.05) is 0 Å². The monoisotopic (exact) mass is 414 g/mol. The van der Waals surface area contributed by atoms with Crippen LogP contribution in [0.2, 0.25) is 16.6 Å². The fourth-order valence-corrected chi connectivity index (χ4v) is 9.68. The maximum absolute atomic E-state index is 14.9. The quantitative estimate of drug-likeness (QED) is 0.229. The normalized spacial score (nSPS) is 11.8. The molecule has 0 fully saturated rings. The Morgan fingerprint density at radius 1 is 1.07 bits per heavy atom. The topological polar surface area (TPSA) is 35.5 Å². The number of carbonyl (C=O) groups is 1. The number of benzene rings is 2. The average molecular weight is 415 g/mol. The van der Waals surface area contributed by atoms with E-state index in [2.05, 4.69) is 53.0 Å². The summed E-state index contributed by atoms with van der Waals surface area (Å²) in [7, 11) is -0.507. The van der Waals surface area contributed by atoms with Gasteiger partial charge in [-0.3, -0.25) is 4.79 Å². The second kappa shape index (κ2) is 9.56. The summed E-state index contributed by atoms with van der Waals surface area (Å²) in [6, 6.07) is 6.45. The Balaban J connectivity index is 2.75. The molecular weight excluding hydrogens is 383 g/mol. The van der Waals surface area contributed by atoms with Gasteiger partial charge in [-0.25, -0.2) is 4.39 Å². The molecule has 5 heteroatoms. The molecular formula is C24H31FO3Si. The first kappa shape index (κ1) is 23.1. The van der Waals surface area contributed by atoms with Gasteiger partial charge in [0.2, 0.25) is 0 Å². The molecule has 0 spiro atoms. The molecule has 156 valence electrons. The van der Waals surface area contributed by atoms with Gasteiger partial charge in [0.1, 0.15) is 19.6 Å². The maximum atomic E-state index is 14.9. The van der Waals surface area contributed by atoms with Gasteiger partial charge in [-0.15, -0.1) is 5.54 Å². The van der Waals surface area contributed by atoms with E-state index in [0.29, 0.717) is 38.9 Å². The van der Waals surface area contributed by atoms with Crippen molar-refractivity contribution in [2.24, 2.45) is 0 Å². The van der Waals surface area contributed by atoms with Gasteiger partial charge < -0.3 is 9.47 Å². The van der Waals surface area contributed by atoms with Crippen LogP contribution in [-0.4, -0.2) is 28.3 Å². The Labute approximate surface area is 174 Å². The lowest BCUT2D eigenvalue weighted by molar-refractivity contribution is 0.0511. The molecule has 0 saturated heterocycles. The van der Waals surface area contributed by atoms with Crippen molar-refractivity contribution < 1.29 is 18.7 Å². The first-order valence-electron chi connectivity index (χ1n) is 10.0. The molecule has 3 nitrogen and oxygen atoms in total. The van der Waals surface area contributed by atoms with E-state index in [9.17, 15) is 9.18 Å². The van der Waals surface area contributed by atoms with E-state index in [4.69, 9.17) is 9.47 Å². The molecule has 2 aromatic carbocycles. The Bertz CT molecular complexity index is 917. The Kier molecular flexibility index (Phi) is 7.62. The van der Waals surface area contributed by atoms with Crippen molar-refractivity contribution in [3.63, 3.8) is 0 Å². The van der Waals surface area contributed by atoms with Crippen molar-refractivity contribution >= 4 is 25.1 Å². The maximum Gasteiger partial charge on any atom is 0.188 e. The number of hydrogen-bond donors (Lipinski definition) is 0. The zero-order valence-electron chi connectivity index (χ0n) is 18.4. The average Bonchev–Trinajstić information content (AvgIpc) is 2.66. The van der Waals surface area contributed by atoms with Gasteiger partial charge in [-0.1, -0.05) is 53.5 Å². The minimum Gasteiger partial charge on any atom is -0.468 e. The third kappa shape index (κ3) is 4.54. The predicted octanol–water partition coefficient (Wildman–Crippen LogP) is 6.34. The van der Waals surface area contributed by atoms with Crippen LogP contribution in [0.4, 0.5) is 4.39 Å². The van der Waals surface area contributed by atoms with Gasteiger partial charge >= 0.3 is 0 Å². The molecule has 0 aliphatic carbocycles. The summed E-state index contributed by atoms with van der Waals surface area (Å²) in [5, 5.41) is 1.26. The number of carbonyl (C=O) groups excluding carboxylic acids is 1. The number of halogens is 1. The van der Waals surface area contributed by atoms with Gasteiger partial charge in [-0.2, -0.15) is 0 Å². The van der Waals surface area contributed by atoms with Gasteiger partial charge in [0, 0.05) is 18.1 Å². The lowest BCUT2D eigenvalue weighted by atomic mass is 9.99. The van der Waals surface area contributed by atoms with Crippen LogP contribution in [-0.2, 0) is 4.74 Å². The van der Waals surface area contributed by atoms with E-state index in [-0.39, 0.29) is 6.79 Å². The first-order valence-corrected chi connectivity index (χ1v) is 12.3. The van der Waals surface area contributed by atoms with Crippen LogP contribution < -0.4 is 4.74 Å². The summed E-state index contributed by atoms with van der Waals surface area (Å²) in [5.41, 5.74) is 5.53. The van der Waals surface area contributed by atoms with Crippen LogP contribution in [0.1, 0.15) is 57.5 Å². The molecule has 0 aliphatic rings. The number of fused-ring (bicyclic) bond motifs is 1. The molecule has 0 atom stereocenters. The number of ether oxygens (including phenoxy) is 2. The zero-order valence-corrected chi connectivity index (χ0v) is 19.4. The second-order valence-electron chi connectivity index (χ2n) is 8.35. The Morgan fingerprint density at radius 3 is 2.21 bits per heavy atom. The second-order valence-corrected chi connectivity index (χ2v) is 13.9. The molecule has 0 radical (unpaired) electrons. The number of methoxy groups -OCH3 is 1. The largest absolute Gasteiger partial charge is 0.468 e. The van der Waals surface area contributed by atoms with Gasteiger partial charge in [0.05, 0.1) is 5.56 Å². The number of aldehydes is 1. The molecule has 29 heavy (non-hydrogen) atoms. The molecule has 0 aromatic heterocycles. The van der Waals surface area contributed by atoms with Crippen molar-refractivity contribution in [1.82, 2.24) is 0 Å². The molecule has 0 bridgehead atoms. The zero-order chi connectivity index (χ0) is 21.8. The molecule has 0 saturated carbocycles. The van der Waals surface area contributed by atoms with E-state index in [1.54, 1.807) is 18.2 Å². The highest BCUT2D eigenvalue weighted by Crippen LogP contribution is 2.41. The minimum atomic E-state index is -2.03. The predicted molar refractivity (Wildman–Crippen MR) is 120 cm³/mol. The highest BCUT2D eigenvalue weighted by molar-refractivity contribution is 6.90. The molecule has 0 unspecified atom stereocenters. The number of hydrogen-bond acceptors (Lipinski definition) is 3. The van der Waals surface area contributed by atoms with Crippen LogP contribution >= 0.6 is 0 Å². The van der Waals surface area contributed by atoms with Crippen LogP contribution in [0.5, 0.6) is 5.75 Å². The number of rotatable bonds is 7. The minimum absolute atomic E-state index is 0.0724. The van der Waals surface area contributed by atoms with Crippen LogP contribution in [0.25, 0.3) is 10.8 Å². The van der Waals surface area contributed by atoms with Crippen LogP contribution in [0, 0.1) is 17.3 Å². The van der Waals surface area contributed by atoms with E-state index < -0.39 is 13.9 Å². The summed E-state index contributed by atoms with van der Waals surface area (Å²) < 4.78 is 25.3. The van der Waals surface area contributed by atoms with Crippen LogP contribution in [0.15, 0.2) is 24.3 Å². The SMILES string of the molecule is COCOc1cc(C=O)c2c(C#C[Si](C(C)C)(C(C)C)C(C)C)c(F)ccc2c1. The van der Waals surface area contributed by atoms with Crippen LogP contribution in [0.3, 0.4) is 0 Å². The molecule has 0 aliphatic heterocycles. The summed E-state index contributed by atoms with van der Waals surface area (Å²) >= 11 is 0. The summed E-state index contributed by atoms with van der Waals surface area (Å²) in [5.74, 6) is 3.29. The lowest BCUT2D eigenvalue weighted by Crippen LogP contribution is -2.43. The van der Waals surface area contributed by atoms with E-state index in [1.165, 1.54) is 13.2 Å². The summed E-state index contributed by atoms with van der Waals surface area (Å²) in [6.07, 6.45) is 0.727. The molecule has 2 rings (SSSR count). The molecule has 2 aromatic rings. The van der Waals surface area contributed by atoms with Crippen molar-refractivity contribution in [1.29, 1.82) is 0 Å². The van der Waals surface area contributed by atoms with Gasteiger partial charge in [0.15, 0.2) is 13.1 Å². The van der Waals surface area contributed by atoms with Crippen molar-refractivity contribution in [2.45, 2.75) is 58.2 Å². The standard InChI is InChI=1S/C24H31FO3Si/c1-16(2)29(17(3)4,18(5)6)11-10-22-23(25)9-8-19-12-21(28-15-27-7)13-20(14-26)24(19)22/h8-9,12-14,16-18H,15H2,1-7H3. The van der Waals surface area contributed by atoms with E-state index in [0.717, 1.165) is 11.7 Å².